The van der Waals surface area contributed by atoms with Gasteiger partial charge >= 0.3 is 0 Å². The van der Waals surface area contributed by atoms with Gasteiger partial charge in [0.05, 0.1) is 12.1 Å². The lowest BCUT2D eigenvalue weighted by Crippen LogP contribution is -2.41. The van der Waals surface area contributed by atoms with Crippen LogP contribution < -0.4 is 0 Å². The molecule has 0 unspecified atom stereocenters. The summed E-state index contributed by atoms with van der Waals surface area (Å²) in [4.78, 5) is 14.2. The highest BCUT2D eigenvalue weighted by Crippen LogP contribution is 2.29. The second-order valence-electron chi connectivity index (χ2n) is 5.84. The van der Waals surface area contributed by atoms with Gasteiger partial charge in [0.25, 0.3) is 0 Å². The molecule has 3 heteroatoms. The first-order valence-electron chi connectivity index (χ1n) is 7.00. The number of rotatable bonds is 5. The minimum absolute atomic E-state index is 0.127. The lowest BCUT2D eigenvalue weighted by Gasteiger charge is -2.28. The number of aliphatic hydroxyl groups is 1. The van der Waals surface area contributed by atoms with Gasteiger partial charge in [-0.1, -0.05) is 37.1 Å². The molecule has 1 saturated carbocycles. The van der Waals surface area contributed by atoms with Gasteiger partial charge < -0.3 is 5.11 Å². The highest BCUT2D eigenvalue weighted by Gasteiger charge is 2.32. The standard InChI is InChI=1S/C16H23NO2/c1-13-7-3-4-8-14(13)15(18)11-17(2)12-16(19)9-5-6-10-16/h3-4,7-8,19H,5-6,9-12H2,1-2H3. The first-order valence-corrected chi connectivity index (χ1v) is 7.00. The number of likely N-dealkylation sites (N-methyl/N-ethyl adjacent to an activating group) is 1. The third-order valence-electron chi connectivity index (χ3n) is 3.96. The van der Waals surface area contributed by atoms with E-state index in [0.29, 0.717) is 13.1 Å². The predicted molar refractivity (Wildman–Crippen MR) is 76.4 cm³/mol. The van der Waals surface area contributed by atoms with Crippen LogP contribution in [0.25, 0.3) is 0 Å². The molecule has 0 bridgehead atoms. The molecule has 0 atom stereocenters. The molecule has 0 aromatic heterocycles. The zero-order valence-electron chi connectivity index (χ0n) is 11.9. The lowest BCUT2D eigenvalue weighted by atomic mass is 10.0. The van der Waals surface area contributed by atoms with Crippen molar-refractivity contribution >= 4 is 5.78 Å². The van der Waals surface area contributed by atoms with E-state index in [4.69, 9.17) is 0 Å². The summed E-state index contributed by atoms with van der Waals surface area (Å²) in [6.45, 7) is 2.91. The van der Waals surface area contributed by atoms with Crippen molar-refractivity contribution in [2.45, 2.75) is 38.2 Å². The quantitative estimate of drug-likeness (QED) is 0.828. The number of carbonyl (C=O) groups is 1. The Bertz CT molecular complexity index is 450. The minimum Gasteiger partial charge on any atom is -0.389 e. The van der Waals surface area contributed by atoms with Crippen LogP contribution in [0.1, 0.15) is 41.6 Å². The highest BCUT2D eigenvalue weighted by atomic mass is 16.3. The molecule has 104 valence electrons. The van der Waals surface area contributed by atoms with Gasteiger partial charge in [-0.2, -0.15) is 0 Å². The average Bonchev–Trinajstić information content (AvgIpc) is 2.75. The van der Waals surface area contributed by atoms with Crippen molar-refractivity contribution in [2.75, 3.05) is 20.1 Å². The molecule has 1 aromatic carbocycles. The van der Waals surface area contributed by atoms with E-state index in [-0.39, 0.29) is 5.78 Å². The van der Waals surface area contributed by atoms with Gasteiger partial charge in [-0.05, 0) is 32.4 Å². The van der Waals surface area contributed by atoms with E-state index in [1.54, 1.807) is 0 Å². The van der Waals surface area contributed by atoms with Crippen molar-refractivity contribution in [1.29, 1.82) is 0 Å². The van der Waals surface area contributed by atoms with E-state index in [1.807, 2.05) is 43.1 Å². The molecule has 0 heterocycles. The number of benzene rings is 1. The lowest BCUT2D eigenvalue weighted by molar-refractivity contribution is 0.0172. The highest BCUT2D eigenvalue weighted by molar-refractivity contribution is 5.98. The third-order valence-corrected chi connectivity index (χ3v) is 3.96. The molecular weight excluding hydrogens is 238 g/mol. The van der Waals surface area contributed by atoms with Gasteiger partial charge in [0.15, 0.2) is 5.78 Å². The van der Waals surface area contributed by atoms with Gasteiger partial charge in [0.2, 0.25) is 0 Å². The van der Waals surface area contributed by atoms with E-state index >= 15 is 0 Å². The van der Waals surface area contributed by atoms with Gasteiger partial charge in [0.1, 0.15) is 0 Å². The van der Waals surface area contributed by atoms with Crippen LogP contribution in [0.3, 0.4) is 0 Å². The number of carbonyl (C=O) groups excluding carboxylic acids is 1. The first-order chi connectivity index (χ1) is 9.00. The molecule has 19 heavy (non-hydrogen) atoms. The van der Waals surface area contributed by atoms with Crippen molar-refractivity contribution in [3.63, 3.8) is 0 Å². The van der Waals surface area contributed by atoms with E-state index in [2.05, 4.69) is 0 Å². The monoisotopic (exact) mass is 261 g/mol. The van der Waals surface area contributed by atoms with Gasteiger partial charge in [-0.15, -0.1) is 0 Å². The molecule has 1 aromatic rings. The third kappa shape index (κ3) is 3.64. The Morgan fingerprint density at radius 3 is 2.58 bits per heavy atom. The molecule has 0 saturated heterocycles. The Labute approximate surface area is 115 Å². The van der Waals surface area contributed by atoms with Gasteiger partial charge in [-0.25, -0.2) is 0 Å². The van der Waals surface area contributed by atoms with Crippen LogP contribution in [-0.2, 0) is 0 Å². The second-order valence-corrected chi connectivity index (χ2v) is 5.84. The van der Waals surface area contributed by atoms with Crippen LogP contribution in [0.15, 0.2) is 24.3 Å². The molecule has 0 amide bonds. The number of ketones is 1. The fourth-order valence-corrected chi connectivity index (χ4v) is 2.97. The average molecular weight is 261 g/mol. The fourth-order valence-electron chi connectivity index (χ4n) is 2.97. The number of aryl methyl sites for hydroxylation is 1. The van der Waals surface area contributed by atoms with Crippen LogP contribution in [0.2, 0.25) is 0 Å². The first kappa shape index (κ1) is 14.2. The summed E-state index contributed by atoms with van der Waals surface area (Å²) >= 11 is 0. The molecule has 0 aliphatic heterocycles. The van der Waals surface area contributed by atoms with Gasteiger partial charge in [0, 0.05) is 12.1 Å². The molecule has 3 nitrogen and oxygen atoms in total. The topological polar surface area (TPSA) is 40.5 Å². The number of Topliss-reactive ketones (excluding diaryl/α,β-unsaturated/α-hetero) is 1. The van der Waals surface area contributed by atoms with E-state index in [9.17, 15) is 9.90 Å². The van der Waals surface area contributed by atoms with Crippen molar-refractivity contribution in [2.24, 2.45) is 0 Å². The normalized spacial score (nSPS) is 17.9. The predicted octanol–water partition coefficient (Wildman–Crippen LogP) is 2.41. The summed E-state index contributed by atoms with van der Waals surface area (Å²) in [5, 5.41) is 10.3. The summed E-state index contributed by atoms with van der Waals surface area (Å²) in [5.74, 6) is 0.127. The van der Waals surface area contributed by atoms with Crippen LogP contribution in [0, 0.1) is 6.92 Å². The summed E-state index contributed by atoms with van der Waals surface area (Å²) in [5.41, 5.74) is 1.22. The van der Waals surface area contributed by atoms with E-state index in [1.165, 1.54) is 0 Å². The Morgan fingerprint density at radius 2 is 1.95 bits per heavy atom. The van der Waals surface area contributed by atoms with E-state index in [0.717, 1.165) is 36.8 Å². The second kappa shape index (κ2) is 5.85. The van der Waals surface area contributed by atoms with Crippen molar-refractivity contribution in [3.8, 4) is 0 Å². The molecule has 2 rings (SSSR count). The molecule has 0 radical (unpaired) electrons. The fraction of sp³-hybridized carbons (Fsp3) is 0.562. The van der Waals surface area contributed by atoms with Crippen LogP contribution in [0.4, 0.5) is 0 Å². The Balaban J connectivity index is 1.94. The summed E-state index contributed by atoms with van der Waals surface area (Å²) in [6, 6.07) is 7.66. The smallest absolute Gasteiger partial charge is 0.177 e. The maximum atomic E-state index is 12.2. The van der Waals surface area contributed by atoms with Crippen molar-refractivity contribution in [3.05, 3.63) is 35.4 Å². The maximum absolute atomic E-state index is 12.2. The largest absolute Gasteiger partial charge is 0.389 e. The van der Waals surface area contributed by atoms with Crippen LogP contribution >= 0.6 is 0 Å². The van der Waals surface area contributed by atoms with Gasteiger partial charge in [-0.3, -0.25) is 9.69 Å². The maximum Gasteiger partial charge on any atom is 0.177 e. The molecule has 1 aliphatic rings. The summed E-state index contributed by atoms with van der Waals surface area (Å²) in [7, 11) is 1.91. The molecule has 0 spiro atoms. The van der Waals surface area contributed by atoms with E-state index < -0.39 is 5.60 Å². The molecular formula is C16H23NO2. The molecule has 1 N–H and O–H groups in total. The zero-order valence-corrected chi connectivity index (χ0v) is 11.9. The number of hydrogen-bond acceptors (Lipinski definition) is 3. The zero-order chi connectivity index (χ0) is 13.9. The molecule has 1 aliphatic carbocycles. The SMILES string of the molecule is Cc1ccccc1C(=O)CN(C)CC1(O)CCCC1. The Kier molecular flexibility index (Phi) is 4.38. The van der Waals surface area contributed by atoms with Crippen LogP contribution in [0.5, 0.6) is 0 Å². The summed E-state index contributed by atoms with van der Waals surface area (Å²) in [6.07, 6.45) is 3.90. The van der Waals surface area contributed by atoms with Crippen LogP contribution in [-0.4, -0.2) is 41.5 Å². The van der Waals surface area contributed by atoms with Crippen molar-refractivity contribution in [1.82, 2.24) is 4.90 Å². The number of nitrogens with zero attached hydrogens (tertiary/aromatic N) is 1. The minimum atomic E-state index is -0.583. The number of hydrogen-bond donors (Lipinski definition) is 1. The molecule has 1 fully saturated rings. The summed E-state index contributed by atoms with van der Waals surface area (Å²) < 4.78 is 0. The Hall–Kier alpha value is -1.19. The van der Waals surface area contributed by atoms with Crippen molar-refractivity contribution < 1.29 is 9.90 Å². The Morgan fingerprint density at radius 1 is 1.32 bits per heavy atom.